The third-order valence-corrected chi connectivity index (χ3v) is 4.73. The van der Waals surface area contributed by atoms with E-state index in [-0.39, 0.29) is 5.54 Å². The van der Waals surface area contributed by atoms with Crippen LogP contribution in [0.25, 0.3) is 0 Å². The van der Waals surface area contributed by atoms with Gasteiger partial charge in [0.2, 0.25) is 0 Å². The van der Waals surface area contributed by atoms with Gasteiger partial charge in [0.05, 0.1) is 0 Å². The van der Waals surface area contributed by atoms with Gasteiger partial charge in [0, 0.05) is 30.7 Å². The molecule has 0 amide bonds. The highest BCUT2D eigenvalue weighted by molar-refractivity contribution is 7.07. The minimum atomic E-state index is 0.199. The van der Waals surface area contributed by atoms with Crippen molar-refractivity contribution in [1.29, 1.82) is 0 Å². The zero-order valence-electron chi connectivity index (χ0n) is 13.6. The van der Waals surface area contributed by atoms with Gasteiger partial charge in [0.15, 0.2) is 0 Å². The van der Waals surface area contributed by atoms with Crippen LogP contribution in [0, 0.1) is 5.92 Å². The molecule has 1 aliphatic rings. The lowest BCUT2D eigenvalue weighted by Gasteiger charge is -2.37. The Labute approximate surface area is 128 Å². The van der Waals surface area contributed by atoms with Crippen LogP contribution in [0.1, 0.15) is 53.0 Å². The molecule has 114 valence electrons. The summed E-state index contributed by atoms with van der Waals surface area (Å²) in [6, 6.07) is 3.71. The molecule has 1 heterocycles. The third kappa shape index (κ3) is 4.87. The van der Waals surface area contributed by atoms with Crippen molar-refractivity contribution in [1.82, 2.24) is 10.2 Å². The fourth-order valence-corrected chi connectivity index (χ4v) is 3.32. The van der Waals surface area contributed by atoms with Gasteiger partial charge in [0.1, 0.15) is 0 Å². The molecule has 0 bridgehead atoms. The SMILES string of the molecule is CC(C)C(CNC(C)(C)C)N(Cc1ccsc1)C1CC1. The molecule has 2 nitrogen and oxygen atoms in total. The Kier molecular flexibility index (Phi) is 5.27. The summed E-state index contributed by atoms with van der Waals surface area (Å²) in [7, 11) is 0. The molecule has 1 saturated carbocycles. The normalized spacial score (nSPS) is 17.9. The predicted octanol–water partition coefficient (Wildman–Crippen LogP) is 4.13. The lowest BCUT2D eigenvalue weighted by Crippen LogP contribution is -2.50. The zero-order chi connectivity index (χ0) is 14.8. The second-order valence-corrected chi connectivity index (χ2v) is 8.26. The first-order valence-electron chi connectivity index (χ1n) is 7.88. The molecule has 1 unspecified atom stereocenters. The summed E-state index contributed by atoms with van der Waals surface area (Å²) in [6.45, 7) is 13.7. The van der Waals surface area contributed by atoms with E-state index in [9.17, 15) is 0 Å². The van der Waals surface area contributed by atoms with E-state index in [1.165, 1.54) is 18.4 Å². The molecule has 2 rings (SSSR count). The fourth-order valence-electron chi connectivity index (χ4n) is 2.66. The second-order valence-electron chi connectivity index (χ2n) is 7.48. The zero-order valence-corrected chi connectivity index (χ0v) is 14.5. The smallest absolute Gasteiger partial charge is 0.0250 e. The molecular formula is C17H30N2S. The molecule has 1 N–H and O–H groups in total. The number of hydrogen-bond donors (Lipinski definition) is 1. The van der Waals surface area contributed by atoms with Gasteiger partial charge in [-0.25, -0.2) is 0 Å². The standard InChI is InChI=1S/C17H30N2S/c1-13(2)16(10-18-17(3,4)5)19(15-6-7-15)11-14-8-9-20-12-14/h8-9,12-13,15-16,18H,6-7,10-11H2,1-5H3. The van der Waals surface area contributed by atoms with E-state index in [0.717, 1.165) is 19.1 Å². The summed E-state index contributed by atoms with van der Waals surface area (Å²) < 4.78 is 0. The van der Waals surface area contributed by atoms with E-state index in [1.54, 1.807) is 0 Å². The quantitative estimate of drug-likeness (QED) is 0.813. The molecule has 1 aliphatic carbocycles. The monoisotopic (exact) mass is 294 g/mol. The highest BCUT2D eigenvalue weighted by atomic mass is 32.1. The van der Waals surface area contributed by atoms with Crippen LogP contribution in [0.15, 0.2) is 16.8 Å². The van der Waals surface area contributed by atoms with Crippen LogP contribution in [-0.2, 0) is 6.54 Å². The first kappa shape index (κ1) is 16.0. The predicted molar refractivity (Wildman–Crippen MR) is 89.3 cm³/mol. The van der Waals surface area contributed by atoms with Crippen LogP contribution in [0.4, 0.5) is 0 Å². The van der Waals surface area contributed by atoms with Gasteiger partial charge in [-0.2, -0.15) is 11.3 Å². The van der Waals surface area contributed by atoms with Crippen molar-refractivity contribution in [3.63, 3.8) is 0 Å². The van der Waals surface area contributed by atoms with Crippen LogP contribution in [0.3, 0.4) is 0 Å². The molecule has 0 aromatic carbocycles. The van der Waals surface area contributed by atoms with Crippen LogP contribution in [0.2, 0.25) is 0 Å². The molecule has 3 heteroatoms. The van der Waals surface area contributed by atoms with Crippen LogP contribution in [-0.4, -0.2) is 29.1 Å². The van der Waals surface area contributed by atoms with E-state index >= 15 is 0 Å². The number of thiophene rings is 1. The maximum absolute atomic E-state index is 3.71. The van der Waals surface area contributed by atoms with Crippen molar-refractivity contribution in [2.45, 2.75) is 71.6 Å². The Balaban J connectivity index is 2.03. The minimum absolute atomic E-state index is 0.199. The molecule has 20 heavy (non-hydrogen) atoms. The first-order valence-corrected chi connectivity index (χ1v) is 8.83. The molecule has 1 atom stereocenters. The molecule has 1 fully saturated rings. The highest BCUT2D eigenvalue weighted by Crippen LogP contribution is 2.32. The van der Waals surface area contributed by atoms with E-state index < -0.39 is 0 Å². The Morgan fingerprint density at radius 3 is 2.50 bits per heavy atom. The molecule has 0 spiro atoms. The summed E-state index contributed by atoms with van der Waals surface area (Å²) >= 11 is 1.81. The summed E-state index contributed by atoms with van der Waals surface area (Å²) in [5.74, 6) is 0.684. The maximum Gasteiger partial charge on any atom is 0.0250 e. The number of nitrogens with one attached hydrogen (secondary N) is 1. The van der Waals surface area contributed by atoms with Gasteiger partial charge >= 0.3 is 0 Å². The summed E-state index contributed by atoms with van der Waals surface area (Å²) in [6.07, 6.45) is 2.76. The summed E-state index contributed by atoms with van der Waals surface area (Å²) in [5.41, 5.74) is 1.67. The van der Waals surface area contributed by atoms with Crippen molar-refractivity contribution in [3.05, 3.63) is 22.4 Å². The summed E-state index contributed by atoms with van der Waals surface area (Å²) in [4.78, 5) is 2.74. The van der Waals surface area contributed by atoms with E-state index in [1.807, 2.05) is 11.3 Å². The van der Waals surface area contributed by atoms with Crippen molar-refractivity contribution in [3.8, 4) is 0 Å². The van der Waals surface area contributed by atoms with Crippen LogP contribution < -0.4 is 5.32 Å². The maximum atomic E-state index is 3.71. The van der Waals surface area contributed by atoms with E-state index in [4.69, 9.17) is 0 Å². The lowest BCUT2D eigenvalue weighted by atomic mass is 9.99. The van der Waals surface area contributed by atoms with E-state index in [2.05, 4.69) is 61.7 Å². The number of rotatable bonds is 7. The van der Waals surface area contributed by atoms with Gasteiger partial charge in [-0.15, -0.1) is 0 Å². The van der Waals surface area contributed by atoms with Crippen molar-refractivity contribution in [2.75, 3.05) is 6.54 Å². The fraction of sp³-hybridized carbons (Fsp3) is 0.765. The lowest BCUT2D eigenvalue weighted by molar-refractivity contribution is 0.127. The highest BCUT2D eigenvalue weighted by Gasteiger charge is 2.35. The van der Waals surface area contributed by atoms with Crippen molar-refractivity contribution >= 4 is 11.3 Å². The van der Waals surface area contributed by atoms with Crippen LogP contribution in [0.5, 0.6) is 0 Å². The molecular weight excluding hydrogens is 264 g/mol. The van der Waals surface area contributed by atoms with Crippen molar-refractivity contribution in [2.24, 2.45) is 5.92 Å². The third-order valence-electron chi connectivity index (χ3n) is 4.00. The Bertz CT molecular complexity index is 388. The number of hydrogen-bond acceptors (Lipinski definition) is 3. The number of nitrogens with zero attached hydrogens (tertiary/aromatic N) is 1. The van der Waals surface area contributed by atoms with E-state index in [0.29, 0.717) is 12.0 Å². The Morgan fingerprint density at radius 1 is 1.35 bits per heavy atom. The molecule has 0 radical (unpaired) electrons. The van der Waals surface area contributed by atoms with Gasteiger partial charge < -0.3 is 5.32 Å². The Hall–Kier alpha value is -0.380. The van der Waals surface area contributed by atoms with Gasteiger partial charge in [-0.3, -0.25) is 4.90 Å². The summed E-state index contributed by atoms with van der Waals surface area (Å²) in [5, 5.41) is 8.20. The second kappa shape index (κ2) is 6.59. The first-order chi connectivity index (χ1) is 9.37. The van der Waals surface area contributed by atoms with Crippen molar-refractivity contribution < 1.29 is 0 Å². The van der Waals surface area contributed by atoms with Gasteiger partial charge in [-0.05, 0) is 61.9 Å². The minimum Gasteiger partial charge on any atom is -0.311 e. The largest absolute Gasteiger partial charge is 0.311 e. The average molecular weight is 295 g/mol. The average Bonchev–Trinajstić information content (AvgIpc) is 3.04. The van der Waals surface area contributed by atoms with Gasteiger partial charge in [0.25, 0.3) is 0 Å². The Morgan fingerprint density at radius 2 is 2.05 bits per heavy atom. The molecule has 0 aliphatic heterocycles. The topological polar surface area (TPSA) is 15.3 Å². The molecule has 0 saturated heterocycles. The molecule has 1 aromatic heterocycles. The van der Waals surface area contributed by atoms with Gasteiger partial charge in [-0.1, -0.05) is 13.8 Å². The molecule has 1 aromatic rings. The van der Waals surface area contributed by atoms with Crippen LogP contribution >= 0.6 is 11.3 Å².